The minimum atomic E-state index is 0.423. The van der Waals surface area contributed by atoms with Crippen molar-refractivity contribution >= 4 is 11.5 Å². The molecule has 3 N–H and O–H groups in total. The molecule has 0 saturated heterocycles. The monoisotopic (exact) mass is 224 g/mol. The highest BCUT2D eigenvalue weighted by atomic mass is 15.3. The topological polar surface area (TPSA) is 55.9 Å². The summed E-state index contributed by atoms with van der Waals surface area (Å²) in [5.74, 6) is 1.67. The van der Waals surface area contributed by atoms with Gasteiger partial charge in [-0.3, -0.25) is 4.68 Å². The van der Waals surface area contributed by atoms with Crippen LogP contribution in [-0.2, 0) is 7.05 Å². The first-order valence-electron chi connectivity index (χ1n) is 6.01. The minimum absolute atomic E-state index is 0.423. The van der Waals surface area contributed by atoms with E-state index in [0.717, 1.165) is 29.5 Å². The van der Waals surface area contributed by atoms with Crippen LogP contribution >= 0.6 is 0 Å². The Kier molecular flexibility index (Phi) is 4.21. The van der Waals surface area contributed by atoms with Gasteiger partial charge >= 0.3 is 0 Å². The van der Waals surface area contributed by atoms with E-state index in [0.29, 0.717) is 6.04 Å². The Balaban J connectivity index is 2.65. The second-order valence-corrected chi connectivity index (χ2v) is 4.77. The van der Waals surface area contributed by atoms with Gasteiger partial charge in [0.05, 0.1) is 11.4 Å². The quantitative estimate of drug-likeness (QED) is 0.808. The summed E-state index contributed by atoms with van der Waals surface area (Å²) < 4.78 is 1.82. The van der Waals surface area contributed by atoms with Crippen molar-refractivity contribution in [1.82, 2.24) is 9.78 Å². The predicted octanol–water partition coefficient (Wildman–Crippen LogP) is 2.55. The van der Waals surface area contributed by atoms with Crippen LogP contribution in [0.15, 0.2) is 0 Å². The maximum Gasteiger partial charge on any atom is 0.147 e. The third-order valence-corrected chi connectivity index (χ3v) is 3.10. The molecule has 1 aromatic heterocycles. The number of rotatable bonds is 5. The number of nitrogens with one attached hydrogen (secondary N) is 1. The van der Waals surface area contributed by atoms with Crippen LogP contribution in [0.1, 0.15) is 39.3 Å². The number of aryl methyl sites for hydroxylation is 2. The molecule has 0 bridgehead atoms. The van der Waals surface area contributed by atoms with Gasteiger partial charge in [-0.1, -0.05) is 20.3 Å². The van der Waals surface area contributed by atoms with E-state index >= 15 is 0 Å². The Bertz CT molecular complexity index is 343. The molecule has 2 unspecified atom stereocenters. The first-order valence-corrected chi connectivity index (χ1v) is 6.01. The van der Waals surface area contributed by atoms with Crippen LogP contribution in [0.5, 0.6) is 0 Å². The molecule has 0 aromatic carbocycles. The molecule has 1 heterocycles. The fraction of sp³-hybridized carbons (Fsp3) is 0.750. The molecule has 0 amide bonds. The van der Waals surface area contributed by atoms with Gasteiger partial charge in [0.2, 0.25) is 0 Å². The molecule has 0 radical (unpaired) electrons. The molecule has 4 nitrogen and oxygen atoms in total. The van der Waals surface area contributed by atoms with Crippen molar-refractivity contribution in [2.75, 3.05) is 11.1 Å². The van der Waals surface area contributed by atoms with Gasteiger partial charge in [-0.15, -0.1) is 0 Å². The smallest absolute Gasteiger partial charge is 0.147 e. The van der Waals surface area contributed by atoms with Gasteiger partial charge in [0.1, 0.15) is 5.82 Å². The normalized spacial score (nSPS) is 14.8. The fourth-order valence-electron chi connectivity index (χ4n) is 1.91. The van der Waals surface area contributed by atoms with Gasteiger partial charge < -0.3 is 11.1 Å². The predicted molar refractivity (Wildman–Crippen MR) is 69.5 cm³/mol. The number of nitrogen functional groups attached to an aromatic ring is 1. The van der Waals surface area contributed by atoms with Crippen LogP contribution in [0.4, 0.5) is 11.5 Å². The van der Waals surface area contributed by atoms with Crippen LogP contribution in [0.25, 0.3) is 0 Å². The lowest BCUT2D eigenvalue weighted by Crippen LogP contribution is -2.20. The summed E-state index contributed by atoms with van der Waals surface area (Å²) in [6.45, 7) is 8.61. The maximum absolute atomic E-state index is 5.97. The molecule has 2 atom stereocenters. The summed E-state index contributed by atoms with van der Waals surface area (Å²) in [6, 6.07) is 0.423. The Labute approximate surface area is 98.2 Å². The fourth-order valence-corrected chi connectivity index (χ4v) is 1.91. The SMILES string of the molecule is CCC(C)CC(C)Nc1c(N)c(C)nn1C. The van der Waals surface area contributed by atoms with E-state index in [1.807, 2.05) is 18.7 Å². The van der Waals surface area contributed by atoms with Crippen molar-refractivity contribution in [1.29, 1.82) is 0 Å². The summed E-state index contributed by atoms with van der Waals surface area (Å²) in [7, 11) is 1.92. The van der Waals surface area contributed by atoms with Crippen molar-refractivity contribution in [3.05, 3.63) is 5.69 Å². The number of nitrogens with zero attached hydrogens (tertiary/aromatic N) is 2. The van der Waals surface area contributed by atoms with Crippen LogP contribution in [0, 0.1) is 12.8 Å². The molecular formula is C12H24N4. The molecule has 4 heteroatoms. The highest BCUT2D eigenvalue weighted by Gasteiger charge is 2.13. The highest BCUT2D eigenvalue weighted by molar-refractivity contribution is 5.64. The zero-order chi connectivity index (χ0) is 12.3. The van der Waals surface area contributed by atoms with E-state index < -0.39 is 0 Å². The third-order valence-electron chi connectivity index (χ3n) is 3.10. The maximum atomic E-state index is 5.97. The lowest BCUT2D eigenvalue weighted by atomic mass is 10.0. The Morgan fingerprint density at radius 2 is 2.06 bits per heavy atom. The van der Waals surface area contributed by atoms with E-state index in [4.69, 9.17) is 5.73 Å². The number of hydrogen-bond donors (Lipinski definition) is 2. The Hall–Kier alpha value is -1.19. The summed E-state index contributed by atoms with van der Waals surface area (Å²) >= 11 is 0. The summed E-state index contributed by atoms with van der Waals surface area (Å²) in [4.78, 5) is 0. The Morgan fingerprint density at radius 3 is 2.50 bits per heavy atom. The highest BCUT2D eigenvalue weighted by Crippen LogP contribution is 2.23. The zero-order valence-electron chi connectivity index (χ0n) is 11.0. The molecule has 92 valence electrons. The zero-order valence-corrected chi connectivity index (χ0v) is 11.0. The second kappa shape index (κ2) is 5.23. The summed E-state index contributed by atoms with van der Waals surface area (Å²) in [5, 5.41) is 7.73. The van der Waals surface area contributed by atoms with Gasteiger partial charge in [-0.05, 0) is 26.2 Å². The lowest BCUT2D eigenvalue weighted by Gasteiger charge is -2.19. The molecule has 1 rings (SSSR count). The van der Waals surface area contributed by atoms with Crippen molar-refractivity contribution in [2.24, 2.45) is 13.0 Å². The van der Waals surface area contributed by atoms with Crippen LogP contribution in [0.2, 0.25) is 0 Å². The third kappa shape index (κ3) is 2.90. The number of aromatic nitrogens is 2. The molecule has 1 aromatic rings. The molecule has 16 heavy (non-hydrogen) atoms. The molecule has 0 aliphatic rings. The van der Waals surface area contributed by atoms with Crippen LogP contribution in [-0.4, -0.2) is 15.8 Å². The molecular weight excluding hydrogens is 200 g/mol. The van der Waals surface area contributed by atoms with E-state index in [1.54, 1.807) is 0 Å². The number of hydrogen-bond acceptors (Lipinski definition) is 3. The van der Waals surface area contributed by atoms with Crippen molar-refractivity contribution < 1.29 is 0 Å². The van der Waals surface area contributed by atoms with Crippen molar-refractivity contribution in [2.45, 2.75) is 46.6 Å². The largest absolute Gasteiger partial charge is 0.394 e. The van der Waals surface area contributed by atoms with E-state index in [-0.39, 0.29) is 0 Å². The second-order valence-electron chi connectivity index (χ2n) is 4.77. The van der Waals surface area contributed by atoms with Crippen molar-refractivity contribution in [3.8, 4) is 0 Å². The standard InChI is InChI=1S/C12H24N4/c1-6-8(2)7-9(3)14-12-11(13)10(4)15-16(12)5/h8-9,14H,6-7,13H2,1-5H3. The molecule has 0 aliphatic carbocycles. The van der Waals surface area contributed by atoms with Crippen LogP contribution in [0.3, 0.4) is 0 Å². The molecule has 0 fully saturated rings. The molecule has 0 saturated carbocycles. The molecule has 0 spiro atoms. The first kappa shape index (κ1) is 12.9. The van der Waals surface area contributed by atoms with E-state index in [1.165, 1.54) is 6.42 Å². The summed E-state index contributed by atoms with van der Waals surface area (Å²) in [5.41, 5.74) is 7.62. The average molecular weight is 224 g/mol. The van der Waals surface area contributed by atoms with E-state index in [9.17, 15) is 0 Å². The average Bonchev–Trinajstić information content (AvgIpc) is 2.45. The Morgan fingerprint density at radius 1 is 1.44 bits per heavy atom. The van der Waals surface area contributed by atoms with Crippen LogP contribution < -0.4 is 11.1 Å². The number of nitrogens with two attached hydrogens (primary N) is 1. The molecule has 0 aliphatic heterocycles. The summed E-state index contributed by atoms with van der Waals surface area (Å²) in [6.07, 6.45) is 2.37. The minimum Gasteiger partial charge on any atom is -0.394 e. The lowest BCUT2D eigenvalue weighted by molar-refractivity contribution is 0.482. The van der Waals surface area contributed by atoms with Gasteiger partial charge in [0, 0.05) is 13.1 Å². The van der Waals surface area contributed by atoms with Gasteiger partial charge in [0.25, 0.3) is 0 Å². The van der Waals surface area contributed by atoms with E-state index in [2.05, 4.69) is 31.2 Å². The van der Waals surface area contributed by atoms with Gasteiger partial charge in [0.15, 0.2) is 0 Å². The first-order chi connectivity index (χ1) is 7.45. The van der Waals surface area contributed by atoms with Gasteiger partial charge in [-0.25, -0.2) is 0 Å². The number of anilines is 2. The van der Waals surface area contributed by atoms with Crippen molar-refractivity contribution in [3.63, 3.8) is 0 Å². The van der Waals surface area contributed by atoms with Gasteiger partial charge in [-0.2, -0.15) is 5.10 Å².